The number of allylic oxidation sites excluding steroid dienone is 1. The number of hydrogen-bond acceptors (Lipinski definition) is 5. The normalized spacial score (nSPS) is 25.6. The van der Waals surface area contributed by atoms with Crippen molar-refractivity contribution in [2.45, 2.75) is 48.8 Å². The second-order valence-corrected chi connectivity index (χ2v) is 9.90. The number of fused-ring (bicyclic) bond motifs is 5. The van der Waals surface area contributed by atoms with Crippen molar-refractivity contribution in [3.8, 4) is 17.2 Å². The summed E-state index contributed by atoms with van der Waals surface area (Å²) < 4.78 is 52.1. The Morgan fingerprint density at radius 3 is 2.86 bits per heavy atom. The molecule has 184 valence electrons. The first-order valence-electron chi connectivity index (χ1n) is 11.5. The number of rotatable bonds is 3. The number of H-pyrrole nitrogens is 1. The van der Waals surface area contributed by atoms with Crippen LogP contribution in [0.4, 0.5) is 19.0 Å². The molecule has 7 nitrogen and oxygen atoms in total. The second-order valence-electron chi connectivity index (χ2n) is 9.38. The molecule has 2 aliphatic carbocycles. The maximum absolute atomic E-state index is 13.3. The number of amides is 1. The lowest BCUT2D eigenvalue weighted by atomic mass is 9.99. The molecule has 4 heterocycles. The first kappa shape index (κ1) is 21.7. The van der Waals surface area contributed by atoms with Gasteiger partial charge in [0, 0.05) is 41.8 Å². The molecule has 0 saturated heterocycles. The Labute approximate surface area is 207 Å². The number of benzene rings is 1. The number of carbonyl (C=O) groups is 1. The summed E-state index contributed by atoms with van der Waals surface area (Å²) in [7, 11) is 0. The van der Waals surface area contributed by atoms with Crippen LogP contribution in [-0.4, -0.2) is 38.5 Å². The van der Waals surface area contributed by atoms with Gasteiger partial charge >= 0.3 is 6.18 Å². The van der Waals surface area contributed by atoms with Gasteiger partial charge in [-0.05, 0) is 36.8 Å². The average Bonchev–Trinajstić information content (AvgIpc) is 3.18. The van der Waals surface area contributed by atoms with E-state index in [2.05, 4.69) is 20.3 Å². The molecular formula is C25H18ClF3N4O3. The Morgan fingerprint density at radius 2 is 2.03 bits per heavy atom. The number of nitrogens with one attached hydrogen (secondary N) is 2. The van der Waals surface area contributed by atoms with Crippen LogP contribution in [0.1, 0.15) is 46.6 Å². The molecule has 0 radical (unpaired) electrons. The molecule has 2 aliphatic heterocycles. The summed E-state index contributed by atoms with van der Waals surface area (Å²) in [4.78, 5) is 23.6. The van der Waals surface area contributed by atoms with E-state index in [-0.39, 0.29) is 36.0 Å². The van der Waals surface area contributed by atoms with Gasteiger partial charge in [0.05, 0.1) is 22.6 Å². The first-order valence-corrected chi connectivity index (χ1v) is 12.0. The van der Waals surface area contributed by atoms with Crippen LogP contribution in [0.2, 0.25) is 0 Å². The number of nitrogens with zero attached hydrogens (tertiary/aromatic N) is 2. The van der Waals surface area contributed by atoms with E-state index in [1.54, 1.807) is 12.3 Å². The van der Waals surface area contributed by atoms with Crippen molar-refractivity contribution in [2.24, 2.45) is 0 Å². The van der Waals surface area contributed by atoms with E-state index in [0.29, 0.717) is 41.7 Å². The lowest BCUT2D eigenvalue weighted by Crippen LogP contribution is -2.24. The molecule has 0 spiro atoms. The maximum Gasteiger partial charge on any atom is 0.414 e. The third-order valence-electron chi connectivity index (χ3n) is 7.14. The zero-order valence-electron chi connectivity index (χ0n) is 18.5. The zero-order chi connectivity index (χ0) is 24.8. The van der Waals surface area contributed by atoms with Crippen LogP contribution < -0.4 is 14.8 Å². The van der Waals surface area contributed by atoms with Gasteiger partial charge in [-0.2, -0.15) is 13.2 Å². The van der Waals surface area contributed by atoms with Gasteiger partial charge in [0.1, 0.15) is 35.0 Å². The van der Waals surface area contributed by atoms with Gasteiger partial charge in [-0.25, -0.2) is 9.97 Å². The van der Waals surface area contributed by atoms with Gasteiger partial charge in [0.25, 0.3) is 0 Å². The summed E-state index contributed by atoms with van der Waals surface area (Å²) in [5, 5.41) is 1.62. The SMILES string of the molecule is O=C1CCc2c(Oc3ccc4c(c3)C3C(O4)C3c3nc4c([nH]3)CC(Cl)C(C(F)(F)F)=C4)ccnc2N1. The molecule has 1 aromatic carbocycles. The number of halogens is 4. The minimum atomic E-state index is -4.49. The van der Waals surface area contributed by atoms with E-state index in [9.17, 15) is 18.0 Å². The van der Waals surface area contributed by atoms with Gasteiger partial charge in [0.15, 0.2) is 0 Å². The molecular weight excluding hydrogens is 497 g/mol. The highest BCUT2D eigenvalue weighted by Crippen LogP contribution is 2.63. The van der Waals surface area contributed by atoms with Crippen molar-refractivity contribution in [3.05, 3.63) is 64.4 Å². The number of aromatic nitrogens is 3. The minimum Gasteiger partial charge on any atom is -0.489 e. The number of carbonyl (C=O) groups excluding carboxylic acids is 1. The van der Waals surface area contributed by atoms with Crippen LogP contribution >= 0.6 is 11.6 Å². The molecule has 2 N–H and O–H groups in total. The molecule has 1 saturated carbocycles. The van der Waals surface area contributed by atoms with Gasteiger partial charge < -0.3 is 19.8 Å². The Morgan fingerprint density at radius 1 is 1.17 bits per heavy atom. The molecule has 1 fully saturated rings. The van der Waals surface area contributed by atoms with Crippen LogP contribution in [-0.2, 0) is 17.6 Å². The summed E-state index contributed by atoms with van der Waals surface area (Å²) in [6.07, 6.45) is -1.04. The summed E-state index contributed by atoms with van der Waals surface area (Å²) in [5.41, 5.74) is 1.93. The monoisotopic (exact) mass is 514 g/mol. The molecule has 4 atom stereocenters. The molecule has 4 unspecified atom stereocenters. The number of aromatic amines is 1. The minimum absolute atomic E-state index is 0.0275. The Kier molecular flexibility index (Phi) is 4.52. The lowest BCUT2D eigenvalue weighted by Gasteiger charge is -2.20. The number of pyridine rings is 1. The highest BCUT2D eigenvalue weighted by Gasteiger charge is 2.61. The van der Waals surface area contributed by atoms with Crippen LogP contribution in [0.3, 0.4) is 0 Å². The zero-order valence-corrected chi connectivity index (χ0v) is 19.3. The highest BCUT2D eigenvalue weighted by molar-refractivity contribution is 6.23. The van der Waals surface area contributed by atoms with E-state index in [0.717, 1.165) is 23.0 Å². The predicted octanol–water partition coefficient (Wildman–Crippen LogP) is 5.23. The summed E-state index contributed by atoms with van der Waals surface area (Å²) in [6.45, 7) is 0. The topological polar surface area (TPSA) is 89.1 Å². The smallest absolute Gasteiger partial charge is 0.414 e. The van der Waals surface area contributed by atoms with E-state index in [1.807, 2.05) is 18.2 Å². The van der Waals surface area contributed by atoms with Crippen LogP contribution in [0.25, 0.3) is 6.08 Å². The molecule has 36 heavy (non-hydrogen) atoms. The average molecular weight is 515 g/mol. The molecule has 1 amide bonds. The summed E-state index contributed by atoms with van der Waals surface area (Å²) in [5.74, 6) is 3.00. The fourth-order valence-corrected chi connectivity index (χ4v) is 5.71. The number of alkyl halides is 4. The predicted molar refractivity (Wildman–Crippen MR) is 124 cm³/mol. The fraction of sp³-hybridized carbons (Fsp3) is 0.320. The molecule has 0 bridgehead atoms. The van der Waals surface area contributed by atoms with Crippen LogP contribution in [0.15, 0.2) is 36.0 Å². The lowest BCUT2D eigenvalue weighted by molar-refractivity contribution is -0.116. The van der Waals surface area contributed by atoms with Crippen LogP contribution in [0, 0.1) is 0 Å². The second kappa shape index (κ2) is 7.49. The van der Waals surface area contributed by atoms with Crippen molar-refractivity contribution in [3.63, 3.8) is 0 Å². The van der Waals surface area contributed by atoms with E-state index < -0.39 is 17.1 Å². The maximum atomic E-state index is 13.3. The standard InChI is InChI=1S/C25H18ClF3N4O3/c26-14-9-16-15(8-13(14)25(27,28)29)31-24(32-16)21-20-12-7-10(1-3-17(12)36-22(20)21)35-18-5-6-30-23-11(18)2-4-19(34)33-23/h1,3,5-8,14,20-22H,2,4,9H2,(H,31,32)(H,30,33,34). The summed E-state index contributed by atoms with van der Waals surface area (Å²) in [6, 6.07) is 7.37. The van der Waals surface area contributed by atoms with E-state index >= 15 is 0 Å². The van der Waals surface area contributed by atoms with Crippen LogP contribution in [0.5, 0.6) is 17.2 Å². The molecule has 4 aliphatic rings. The van der Waals surface area contributed by atoms with Crippen molar-refractivity contribution >= 4 is 29.4 Å². The van der Waals surface area contributed by atoms with Crippen molar-refractivity contribution in [1.29, 1.82) is 0 Å². The molecule has 3 aromatic rings. The number of ether oxygens (including phenoxy) is 2. The van der Waals surface area contributed by atoms with E-state index in [1.165, 1.54) is 0 Å². The first-order chi connectivity index (χ1) is 17.3. The fourth-order valence-electron chi connectivity index (χ4n) is 5.37. The number of hydrogen-bond donors (Lipinski definition) is 2. The quantitative estimate of drug-likeness (QED) is 0.467. The third kappa shape index (κ3) is 3.38. The third-order valence-corrected chi connectivity index (χ3v) is 7.53. The van der Waals surface area contributed by atoms with Crippen molar-refractivity contribution < 1.29 is 27.4 Å². The highest BCUT2D eigenvalue weighted by atomic mass is 35.5. The molecule has 7 rings (SSSR count). The van der Waals surface area contributed by atoms with Gasteiger partial charge in [-0.3, -0.25) is 4.79 Å². The largest absolute Gasteiger partial charge is 0.489 e. The van der Waals surface area contributed by atoms with Gasteiger partial charge in [-0.1, -0.05) is 0 Å². The number of imidazole rings is 1. The number of anilines is 1. The molecule has 2 aromatic heterocycles. The Balaban J connectivity index is 1.14. The van der Waals surface area contributed by atoms with Crippen molar-refractivity contribution in [2.75, 3.05) is 5.32 Å². The Hall–Kier alpha value is -3.53. The van der Waals surface area contributed by atoms with Gasteiger partial charge in [-0.15, -0.1) is 11.6 Å². The van der Waals surface area contributed by atoms with E-state index in [4.69, 9.17) is 21.1 Å². The summed E-state index contributed by atoms with van der Waals surface area (Å²) >= 11 is 6.00. The van der Waals surface area contributed by atoms with Gasteiger partial charge in [0.2, 0.25) is 5.91 Å². The Bertz CT molecular complexity index is 1470. The van der Waals surface area contributed by atoms with Crippen molar-refractivity contribution in [1.82, 2.24) is 15.0 Å². The molecule has 11 heteroatoms.